The van der Waals surface area contributed by atoms with Gasteiger partial charge in [-0.15, -0.1) is 0 Å². The van der Waals surface area contributed by atoms with Crippen LogP contribution in [-0.4, -0.2) is 38.7 Å². The number of hydrogen-bond donors (Lipinski definition) is 0. The number of rotatable bonds is 3. The highest BCUT2D eigenvalue weighted by atomic mass is 16.5. The van der Waals surface area contributed by atoms with Gasteiger partial charge in [0, 0.05) is 11.8 Å². The Bertz CT molecular complexity index is 371. The molecule has 0 radical (unpaired) electrons. The van der Waals surface area contributed by atoms with E-state index in [4.69, 9.17) is 4.74 Å². The van der Waals surface area contributed by atoms with Crippen molar-refractivity contribution in [3.8, 4) is 11.8 Å². The Hall–Kier alpha value is -2.03. The Morgan fingerprint density at radius 2 is 1.53 bits per heavy atom. The van der Waals surface area contributed by atoms with Crippen molar-refractivity contribution in [3.63, 3.8) is 0 Å². The Balaban J connectivity index is 4.29. The zero-order valence-electron chi connectivity index (χ0n) is 10.2. The lowest BCUT2D eigenvalue weighted by Crippen LogP contribution is -2.31. The molecule has 0 saturated heterocycles. The molecule has 0 unspecified atom stereocenters. The van der Waals surface area contributed by atoms with Crippen molar-refractivity contribution in [1.29, 1.82) is 0 Å². The minimum atomic E-state index is -0.961. The van der Waals surface area contributed by atoms with Crippen molar-refractivity contribution in [1.82, 2.24) is 0 Å². The molecule has 0 rings (SSSR count). The first-order valence-corrected chi connectivity index (χ1v) is 4.68. The zero-order chi connectivity index (χ0) is 13.5. The molecule has 6 nitrogen and oxygen atoms in total. The van der Waals surface area contributed by atoms with Gasteiger partial charge in [-0.1, -0.05) is 0 Å². The van der Waals surface area contributed by atoms with Gasteiger partial charge in [0.15, 0.2) is 0 Å². The van der Waals surface area contributed by atoms with Crippen molar-refractivity contribution in [3.05, 3.63) is 0 Å². The lowest BCUT2D eigenvalue weighted by Gasteiger charge is -2.19. The standard InChI is InChI=1S/C11H14O6/c1-11(2,10(14)16-4)7-17-9(13)6-5-8(12)15-3/h7H2,1-4H3. The first-order valence-electron chi connectivity index (χ1n) is 4.68. The molecule has 0 bridgehead atoms. The van der Waals surface area contributed by atoms with Gasteiger partial charge in [0.05, 0.1) is 19.6 Å². The molecule has 94 valence electrons. The first kappa shape index (κ1) is 15.0. The Labute approximate surface area is 99.2 Å². The molecule has 0 fully saturated rings. The molecule has 0 aliphatic heterocycles. The largest absolute Gasteiger partial charge is 0.469 e. The van der Waals surface area contributed by atoms with E-state index in [2.05, 4.69) is 9.47 Å². The summed E-state index contributed by atoms with van der Waals surface area (Å²) in [6.45, 7) is 2.92. The van der Waals surface area contributed by atoms with E-state index >= 15 is 0 Å². The summed E-state index contributed by atoms with van der Waals surface area (Å²) in [4.78, 5) is 32.9. The van der Waals surface area contributed by atoms with Crippen LogP contribution in [0.25, 0.3) is 0 Å². The average Bonchev–Trinajstić information content (AvgIpc) is 2.32. The normalized spacial score (nSPS) is 9.65. The van der Waals surface area contributed by atoms with Gasteiger partial charge in [-0.2, -0.15) is 0 Å². The highest BCUT2D eigenvalue weighted by Crippen LogP contribution is 2.17. The summed E-state index contributed by atoms with van der Waals surface area (Å²) in [7, 11) is 2.38. The molecule has 0 spiro atoms. The number of esters is 3. The number of methoxy groups -OCH3 is 2. The third-order valence-corrected chi connectivity index (χ3v) is 1.75. The van der Waals surface area contributed by atoms with Crippen LogP contribution in [-0.2, 0) is 28.6 Å². The van der Waals surface area contributed by atoms with Gasteiger partial charge in [-0.3, -0.25) is 4.79 Å². The molecule has 0 atom stereocenters. The van der Waals surface area contributed by atoms with Gasteiger partial charge in [0.25, 0.3) is 0 Å². The van der Waals surface area contributed by atoms with Gasteiger partial charge in [0.1, 0.15) is 6.61 Å². The van der Waals surface area contributed by atoms with Crippen LogP contribution in [0.3, 0.4) is 0 Å². The topological polar surface area (TPSA) is 78.9 Å². The van der Waals surface area contributed by atoms with E-state index in [0.717, 1.165) is 7.11 Å². The Kier molecular flexibility index (Phi) is 5.75. The quantitative estimate of drug-likeness (QED) is 0.298. The molecule has 0 aromatic rings. The second-order valence-corrected chi connectivity index (χ2v) is 3.69. The van der Waals surface area contributed by atoms with Crippen molar-refractivity contribution >= 4 is 17.9 Å². The van der Waals surface area contributed by atoms with Crippen molar-refractivity contribution in [2.45, 2.75) is 13.8 Å². The van der Waals surface area contributed by atoms with Crippen molar-refractivity contribution in [2.24, 2.45) is 5.41 Å². The number of ether oxygens (including phenoxy) is 3. The summed E-state index contributed by atoms with van der Waals surface area (Å²) >= 11 is 0. The lowest BCUT2D eigenvalue weighted by atomic mass is 9.95. The molecule has 17 heavy (non-hydrogen) atoms. The predicted molar refractivity (Wildman–Crippen MR) is 56.5 cm³/mol. The lowest BCUT2D eigenvalue weighted by molar-refractivity contribution is -0.157. The monoisotopic (exact) mass is 242 g/mol. The fourth-order valence-corrected chi connectivity index (χ4v) is 0.770. The number of hydrogen-bond acceptors (Lipinski definition) is 6. The van der Waals surface area contributed by atoms with E-state index in [0.29, 0.717) is 0 Å². The van der Waals surface area contributed by atoms with Crippen LogP contribution < -0.4 is 0 Å². The predicted octanol–water partition coefficient (Wildman–Crippen LogP) is -0.0948. The molecule has 0 N–H and O–H groups in total. The fraction of sp³-hybridized carbons (Fsp3) is 0.545. The maximum Gasteiger partial charge on any atom is 0.384 e. The smallest absolute Gasteiger partial charge is 0.384 e. The SMILES string of the molecule is COC(=O)C#CC(=O)OCC(C)(C)C(=O)OC. The van der Waals surface area contributed by atoms with Gasteiger partial charge >= 0.3 is 17.9 Å². The number of carbonyl (C=O) groups excluding carboxylic acids is 3. The summed E-state index contributed by atoms with van der Waals surface area (Å²) in [6.07, 6.45) is 0. The van der Waals surface area contributed by atoms with E-state index in [9.17, 15) is 14.4 Å². The van der Waals surface area contributed by atoms with Crippen LogP contribution in [0.1, 0.15) is 13.8 Å². The van der Waals surface area contributed by atoms with E-state index < -0.39 is 23.3 Å². The van der Waals surface area contributed by atoms with Crippen LogP contribution in [0.15, 0.2) is 0 Å². The summed E-state index contributed by atoms with van der Waals surface area (Å²) in [6, 6.07) is 0. The van der Waals surface area contributed by atoms with Crippen LogP contribution in [0.2, 0.25) is 0 Å². The minimum Gasteiger partial charge on any atom is -0.469 e. The molecular formula is C11H14O6. The van der Waals surface area contributed by atoms with E-state index in [-0.39, 0.29) is 6.61 Å². The fourth-order valence-electron chi connectivity index (χ4n) is 0.770. The van der Waals surface area contributed by atoms with Crippen LogP contribution in [0, 0.1) is 17.3 Å². The van der Waals surface area contributed by atoms with Crippen LogP contribution in [0.4, 0.5) is 0 Å². The van der Waals surface area contributed by atoms with Crippen molar-refractivity contribution in [2.75, 3.05) is 20.8 Å². The Morgan fingerprint density at radius 3 is 2.00 bits per heavy atom. The van der Waals surface area contributed by atoms with Gasteiger partial charge < -0.3 is 14.2 Å². The van der Waals surface area contributed by atoms with E-state index in [1.54, 1.807) is 13.8 Å². The molecule has 0 aliphatic carbocycles. The molecular weight excluding hydrogens is 228 g/mol. The van der Waals surface area contributed by atoms with Crippen LogP contribution >= 0.6 is 0 Å². The first-order chi connectivity index (χ1) is 7.83. The molecule has 0 aromatic carbocycles. The highest BCUT2D eigenvalue weighted by Gasteiger charge is 2.30. The van der Waals surface area contributed by atoms with E-state index in [1.807, 2.05) is 11.8 Å². The second kappa shape index (κ2) is 6.53. The van der Waals surface area contributed by atoms with Crippen LogP contribution in [0.5, 0.6) is 0 Å². The Morgan fingerprint density at radius 1 is 1.00 bits per heavy atom. The molecule has 0 heterocycles. The molecule has 0 aliphatic rings. The maximum atomic E-state index is 11.2. The molecule has 0 aromatic heterocycles. The summed E-state index contributed by atoms with van der Waals surface area (Å²) < 4.78 is 13.4. The molecule has 6 heteroatoms. The van der Waals surface area contributed by atoms with Crippen molar-refractivity contribution < 1.29 is 28.6 Å². The van der Waals surface area contributed by atoms with E-state index in [1.165, 1.54) is 7.11 Å². The second-order valence-electron chi connectivity index (χ2n) is 3.69. The molecule has 0 saturated carbocycles. The minimum absolute atomic E-state index is 0.186. The van der Waals surface area contributed by atoms with Gasteiger partial charge in [0.2, 0.25) is 0 Å². The average molecular weight is 242 g/mol. The van der Waals surface area contributed by atoms with Gasteiger partial charge in [-0.05, 0) is 13.8 Å². The van der Waals surface area contributed by atoms with Gasteiger partial charge in [-0.25, -0.2) is 9.59 Å². The third-order valence-electron chi connectivity index (χ3n) is 1.75. The third kappa shape index (κ3) is 5.56. The highest BCUT2D eigenvalue weighted by molar-refractivity contribution is 5.98. The summed E-state index contributed by atoms with van der Waals surface area (Å²) in [5, 5.41) is 0. The summed E-state index contributed by atoms with van der Waals surface area (Å²) in [5.74, 6) is 1.58. The maximum absolute atomic E-state index is 11.2. The summed E-state index contributed by atoms with van der Waals surface area (Å²) in [5.41, 5.74) is -0.961. The number of carbonyl (C=O) groups is 3. The zero-order valence-corrected chi connectivity index (χ0v) is 10.2. The molecule has 0 amide bonds.